The molecule has 1 saturated carbocycles. The molecule has 3 aliphatic rings. The molecule has 1 aromatic rings. The SMILES string of the molecule is O=C(NC1CCC1)C1C[C@@H]2CCN(C(=O)c3ccn[nH]3)C[C@@H]2O1. The van der Waals surface area contributed by atoms with Crippen LogP contribution in [0.5, 0.6) is 0 Å². The number of carbonyl (C=O) groups excluding carboxylic acids is 2. The number of piperidine rings is 1. The molecule has 1 aliphatic carbocycles. The summed E-state index contributed by atoms with van der Waals surface area (Å²) < 4.78 is 5.96. The van der Waals surface area contributed by atoms with Crippen LogP contribution in [0.4, 0.5) is 0 Å². The first-order valence-corrected chi connectivity index (χ1v) is 8.45. The second-order valence-electron chi connectivity index (χ2n) is 6.81. The molecule has 0 aromatic carbocycles. The maximum absolute atomic E-state index is 12.4. The van der Waals surface area contributed by atoms with Crippen molar-refractivity contribution in [1.29, 1.82) is 0 Å². The summed E-state index contributed by atoms with van der Waals surface area (Å²) in [5, 5.41) is 9.60. The average molecular weight is 318 g/mol. The molecule has 7 heteroatoms. The van der Waals surface area contributed by atoms with E-state index in [2.05, 4.69) is 15.5 Å². The molecule has 2 aliphatic heterocycles. The first kappa shape index (κ1) is 14.7. The summed E-state index contributed by atoms with van der Waals surface area (Å²) in [5.74, 6) is 0.348. The Morgan fingerprint density at radius 1 is 1.35 bits per heavy atom. The molecule has 124 valence electrons. The maximum Gasteiger partial charge on any atom is 0.271 e. The topological polar surface area (TPSA) is 87.3 Å². The van der Waals surface area contributed by atoms with Crippen molar-refractivity contribution in [2.45, 2.75) is 50.4 Å². The fraction of sp³-hybridized carbons (Fsp3) is 0.688. The van der Waals surface area contributed by atoms with E-state index in [0.29, 0.717) is 30.7 Å². The Bertz CT molecular complexity index is 584. The van der Waals surface area contributed by atoms with E-state index < -0.39 is 0 Å². The zero-order valence-corrected chi connectivity index (χ0v) is 13.0. The fourth-order valence-electron chi connectivity index (χ4n) is 3.68. The van der Waals surface area contributed by atoms with Crippen LogP contribution in [0, 0.1) is 5.92 Å². The lowest BCUT2D eigenvalue weighted by Gasteiger charge is -2.33. The predicted molar refractivity (Wildman–Crippen MR) is 81.7 cm³/mol. The van der Waals surface area contributed by atoms with Crippen molar-refractivity contribution in [1.82, 2.24) is 20.4 Å². The lowest BCUT2D eigenvalue weighted by molar-refractivity contribution is -0.133. The van der Waals surface area contributed by atoms with E-state index in [1.54, 1.807) is 17.2 Å². The molecular formula is C16H22N4O3. The number of fused-ring (bicyclic) bond motifs is 1. The molecule has 2 saturated heterocycles. The Labute approximate surface area is 134 Å². The molecule has 3 heterocycles. The number of nitrogens with zero attached hydrogens (tertiary/aromatic N) is 2. The molecule has 0 spiro atoms. The van der Waals surface area contributed by atoms with Crippen molar-refractivity contribution in [2.24, 2.45) is 5.92 Å². The molecular weight excluding hydrogens is 296 g/mol. The highest BCUT2D eigenvalue weighted by atomic mass is 16.5. The Morgan fingerprint density at radius 2 is 2.22 bits per heavy atom. The summed E-state index contributed by atoms with van der Waals surface area (Å²) in [5.41, 5.74) is 0.501. The molecule has 2 amide bonds. The lowest BCUT2D eigenvalue weighted by Crippen LogP contribution is -2.46. The number of amides is 2. The second kappa shape index (κ2) is 5.96. The van der Waals surface area contributed by atoms with Gasteiger partial charge in [0.05, 0.1) is 6.10 Å². The monoisotopic (exact) mass is 318 g/mol. The first-order chi connectivity index (χ1) is 11.2. The number of ether oxygens (including phenoxy) is 1. The van der Waals surface area contributed by atoms with Crippen molar-refractivity contribution in [3.05, 3.63) is 18.0 Å². The van der Waals surface area contributed by atoms with Crippen LogP contribution in [0.2, 0.25) is 0 Å². The lowest BCUT2D eigenvalue weighted by atomic mass is 9.90. The quantitative estimate of drug-likeness (QED) is 0.859. The molecule has 3 fully saturated rings. The molecule has 23 heavy (non-hydrogen) atoms. The first-order valence-electron chi connectivity index (χ1n) is 8.45. The molecule has 0 bridgehead atoms. The van der Waals surface area contributed by atoms with Crippen LogP contribution in [0.25, 0.3) is 0 Å². The summed E-state index contributed by atoms with van der Waals surface area (Å²) in [4.78, 5) is 26.4. The van der Waals surface area contributed by atoms with Crippen LogP contribution in [-0.2, 0) is 9.53 Å². The van der Waals surface area contributed by atoms with Crippen molar-refractivity contribution in [2.75, 3.05) is 13.1 Å². The highest BCUT2D eigenvalue weighted by Gasteiger charge is 2.43. The third-order valence-electron chi connectivity index (χ3n) is 5.31. The number of hydrogen-bond acceptors (Lipinski definition) is 4. The van der Waals surface area contributed by atoms with Crippen molar-refractivity contribution in [3.8, 4) is 0 Å². The van der Waals surface area contributed by atoms with Crippen molar-refractivity contribution in [3.63, 3.8) is 0 Å². The smallest absolute Gasteiger partial charge is 0.271 e. The minimum absolute atomic E-state index is 0.0237. The highest BCUT2D eigenvalue weighted by molar-refractivity contribution is 5.92. The Kier molecular flexibility index (Phi) is 3.80. The van der Waals surface area contributed by atoms with Gasteiger partial charge < -0.3 is 15.0 Å². The van der Waals surface area contributed by atoms with Crippen molar-refractivity contribution >= 4 is 11.8 Å². The average Bonchev–Trinajstić information content (AvgIpc) is 3.18. The summed E-state index contributed by atoms with van der Waals surface area (Å²) in [6.07, 6.45) is 6.21. The van der Waals surface area contributed by atoms with Gasteiger partial charge in [0.25, 0.3) is 5.91 Å². The summed E-state index contributed by atoms with van der Waals surface area (Å²) in [6.45, 7) is 1.26. The molecule has 3 atom stereocenters. The van der Waals surface area contributed by atoms with E-state index in [4.69, 9.17) is 4.74 Å². The van der Waals surface area contributed by atoms with E-state index >= 15 is 0 Å². The van der Waals surface area contributed by atoms with Gasteiger partial charge in [0.15, 0.2) is 0 Å². The number of carbonyl (C=O) groups is 2. The number of aromatic nitrogens is 2. The van der Waals surface area contributed by atoms with E-state index in [9.17, 15) is 9.59 Å². The van der Waals surface area contributed by atoms with Gasteiger partial charge in [0.2, 0.25) is 5.91 Å². The largest absolute Gasteiger partial charge is 0.363 e. The van der Waals surface area contributed by atoms with Crippen LogP contribution in [0.15, 0.2) is 12.3 Å². The molecule has 1 unspecified atom stereocenters. The zero-order chi connectivity index (χ0) is 15.8. The maximum atomic E-state index is 12.4. The molecule has 4 rings (SSSR count). The molecule has 1 aromatic heterocycles. The van der Waals surface area contributed by atoms with Crippen LogP contribution in [-0.4, -0.2) is 58.3 Å². The van der Waals surface area contributed by atoms with Gasteiger partial charge in [-0.05, 0) is 44.1 Å². The van der Waals surface area contributed by atoms with Crippen molar-refractivity contribution < 1.29 is 14.3 Å². The number of H-pyrrole nitrogens is 1. The third kappa shape index (κ3) is 2.85. The van der Waals surface area contributed by atoms with Gasteiger partial charge in [-0.3, -0.25) is 14.7 Å². The molecule has 7 nitrogen and oxygen atoms in total. The standard InChI is InChI=1S/C16H22N4O3/c21-15(18-11-2-1-3-11)13-8-10-5-7-20(9-14(10)23-13)16(22)12-4-6-17-19-12/h4,6,10-11,13-14H,1-3,5,7-9H2,(H,17,19)(H,18,21)/t10-,13?,14-/m0/s1. The van der Waals surface area contributed by atoms with Crippen LogP contribution in [0.1, 0.15) is 42.6 Å². The van der Waals surface area contributed by atoms with Gasteiger partial charge in [-0.15, -0.1) is 0 Å². The summed E-state index contributed by atoms with van der Waals surface area (Å²) in [6, 6.07) is 2.02. The van der Waals surface area contributed by atoms with Gasteiger partial charge in [0, 0.05) is 25.3 Å². The van der Waals surface area contributed by atoms with E-state index in [1.807, 2.05) is 0 Å². The third-order valence-corrected chi connectivity index (χ3v) is 5.31. The molecule has 2 N–H and O–H groups in total. The van der Waals surface area contributed by atoms with Gasteiger partial charge in [-0.2, -0.15) is 5.10 Å². The summed E-state index contributed by atoms with van der Waals surface area (Å²) in [7, 11) is 0. The van der Waals surface area contributed by atoms with Crippen LogP contribution >= 0.6 is 0 Å². The minimum Gasteiger partial charge on any atom is -0.363 e. The van der Waals surface area contributed by atoms with Gasteiger partial charge in [0.1, 0.15) is 11.8 Å². The van der Waals surface area contributed by atoms with Crippen LogP contribution in [0.3, 0.4) is 0 Å². The van der Waals surface area contributed by atoms with Gasteiger partial charge >= 0.3 is 0 Å². The molecule has 0 radical (unpaired) electrons. The Balaban J connectivity index is 1.34. The fourth-order valence-corrected chi connectivity index (χ4v) is 3.68. The van der Waals surface area contributed by atoms with E-state index in [-0.39, 0.29) is 24.0 Å². The minimum atomic E-state index is -0.354. The number of rotatable bonds is 3. The zero-order valence-electron chi connectivity index (χ0n) is 13.0. The van der Waals surface area contributed by atoms with E-state index in [0.717, 1.165) is 25.7 Å². The number of hydrogen-bond donors (Lipinski definition) is 2. The Hall–Kier alpha value is -1.89. The number of nitrogens with one attached hydrogen (secondary N) is 2. The Morgan fingerprint density at radius 3 is 2.91 bits per heavy atom. The number of likely N-dealkylation sites (tertiary alicyclic amines) is 1. The normalized spacial score (nSPS) is 30.6. The number of aromatic amines is 1. The highest BCUT2D eigenvalue weighted by Crippen LogP contribution is 2.34. The van der Waals surface area contributed by atoms with Crippen LogP contribution < -0.4 is 5.32 Å². The predicted octanol–water partition coefficient (Wildman–Crippen LogP) is 0.698. The second-order valence-corrected chi connectivity index (χ2v) is 6.81. The summed E-state index contributed by atoms with van der Waals surface area (Å²) >= 11 is 0. The van der Waals surface area contributed by atoms with E-state index in [1.165, 1.54) is 6.42 Å². The van der Waals surface area contributed by atoms with Gasteiger partial charge in [-0.25, -0.2) is 0 Å². The van der Waals surface area contributed by atoms with Gasteiger partial charge in [-0.1, -0.05) is 0 Å².